The molecule has 11 heteroatoms. The molecule has 0 aliphatic rings. The number of nitro groups is 1. The zero-order valence-electron chi connectivity index (χ0n) is 18.7. The SMILES string of the molecule is COc1ccccc1OCc1ccc(C(=O)Nc2cc(Oc3ccc(Cl)cc3Cl)cc([N+](=O)[O-])c2)o1. The van der Waals surface area contributed by atoms with Gasteiger partial charge >= 0.3 is 0 Å². The molecule has 1 amide bonds. The second-order valence-electron chi connectivity index (χ2n) is 7.31. The lowest BCUT2D eigenvalue weighted by Gasteiger charge is -2.10. The molecule has 4 rings (SSSR count). The van der Waals surface area contributed by atoms with Gasteiger partial charge in [-0.2, -0.15) is 0 Å². The number of nitro benzene ring substituents is 1. The number of nitrogens with one attached hydrogen (secondary N) is 1. The molecule has 184 valence electrons. The van der Waals surface area contributed by atoms with Crippen molar-refractivity contribution in [3.63, 3.8) is 0 Å². The number of anilines is 1. The van der Waals surface area contributed by atoms with Crippen LogP contribution in [0, 0.1) is 10.1 Å². The highest BCUT2D eigenvalue weighted by atomic mass is 35.5. The second kappa shape index (κ2) is 11.0. The minimum absolute atomic E-state index is 0.0108. The Bertz CT molecular complexity index is 1420. The van der Waals surface area contributed by atoms with Crippen molar-refractivity contribution in [2.75, 3.05) is 12.4 Å². The fraction of sp³-hybridized carbons (Fsp3) is 0.0800. The van der Waals surface area contributed by atoms with Crippen molar-refractivity contribution < 1.29 is 28.3 Å². The minimum Gasteiger partial charge on any atom is -0.493 e. The van der Waals surface area contributed by atoms with Gasteiger partial charge in [0, 0.05) is 17.2 Å². The molecule has 0 saturated carbocycles. The normalized spacial score (nSPS) is 10.5. The first-order chi connectivity index (χ1) is 17.3. The van der Waals surface area contributed by atoms with Gasteiger partial charge in [0.25, 0.3) is 11.6 Å². The predicted octanol–water partition coefficient (Wildman–Crippen LogP) is 7.13. The molecule has 0 unspecified atom stereocenters. The highest BCUT2D eigenvalue weighted by Gasteiger charge is 2.17. The Kier molecular flexibility index (Phi) is 7.62. The van der Waals surface area contributed by atoms with Gasteiger partial charge in [-0.05, 0) is 42.5 Å². The van der Waals surface area contributed by atoms with Crippen LogP contribution in [0.2, 0.25) is 10.0 Å². The van der Waals surface area contributed by atoms with Crippen molar-refractivity contribution in [1.29, 1.82) is 0 Å². The highest BCUT2D eigenvalue weighted by Crippen LogP contribution is 2.35. The van der Waals surface area contributed by atoms with Crippen molar-refractivity contribution >= 4 is 40.5 Å². The Morgan fingerprint density at radius 1 is 1.00 bits per heavy atom. The van der Waals surface area contributed by atoms with Gasteiger partial charge in [-0.1, -0.05) is 35.3 Å². The van der Waals surface area contributed by atoms with E-state index < -0.39 is 10.8 Å². The number of nitrogens with zero attached hydrogens (tertiary/aromatic N) is 1. The third-order valence-electron chi connectivity index (χ3n) is 4.81. The van der Waals surface area contributed by atoms with Crippen molar-refractivity contribution in [2.24, 2.45) is 0 Å². The Morgan fingerprint density at radius 3 is 2.50 bits per heavy atom. The molecule has 0 bridgehead atoms. The molecule has 0 radical (unpaired) electrons. The summed E-state index contributed by atoms with van der Waals surface area (Å²) < 4.78 is 22.2. The summed E-state index contributed by atoms with van der Waals surface area (Å²) in [6.45, 7) is 0.0598. The third kappa shape index (κ3) is 6.07. The van der Waals surface area contributed by atoms with Crippen LogP contribution in [0.25, 0.3) is 0 Å². The maximum atomic E-state index is 12.7. The maximum Gasteiger partial charge on any atom is 0.291 e. The fourth-order valence-corrected chi connectivity index (χ4v) is 3.61. The van der Waals surface area contributed by atoms with Gasteiger partial charge in [-0.15, -0.1) is 0 Å². The van der Waals surface area contributed by atoms with Crippen LogP contribution in [0.15, 0.2) is 77.2 Å². The number of benzene rings is 3. The van der Waals surface area contributed by atoms with E-state index in [0.29, 0.717) is 22.3 Å². The summed E-state index contributed by atoms with van der Waals surface area (Å²) in [6.07, 6.45) is 0. The van der Waals surface area contributed by atoms with E-state index in [1.807, 2.05) is 6.07 Å². The molecule has 1 N–H and O–H groups in total. The number of non-ortho nitro benzene ring substituents is 1. The Morgan fingerprint density at radius 2 is 1.78 bits per heavy atom. The van der Waals surface area contributed by atoms with Crippen LogP contribution in [0.4, 0.5) is 11.4 Å². The van der Waals surface area contributed by atoms with Gasteiger partial charge in [0.05, 0.1) is 28.8 Å². The topological polar surface area (TPSA) is 113 Å². The van der Waals surface area contributed by atoms with Crippen molar-refractivity contribution in [3.8, 4) is 23.0 Å². The Balaban J connectivity index is 1.48. The molecule has 0 aliphatic heterocycles. The Hall–Kier alpha value is -4.21. The van der Waals surface area contributed by atoms with Gasteiger partial charge in [0.2, 0.25) is 0 Å². The minimum atomic E-state index is -0.616. The Labute approximate surface area is 215 Å². The van der Waals surface area contributed by atoms with E-state index in [1.54, 1.807) is 30.3 Å². The monoisotopic (exact) mass is 528 g/mol. The predicted molar refractivity (Wildman–Crippen MR) is 134 cm³/mol. The molecule has 9 nitrogen and oxygen atoms in total. The molecule has 4 aromatic rings. The quantitative estimate of drug-likeness (QED) is 0.181. The summed E-state index contributed by atoms with van der Waals surface area (Å²) in [7, 11) is 1.53. The van der Waals surface area contributed by atoms with Crippen LogP contribution < -0.4 is 19.5 Å². The zero-order chi connectivity index (χ0) is 25.7. The van der Waals surface area contributed by atoms with E-state index in [9.17, 15) is 14.9 Å². The second-order valence-corrected chi connectivity index (χ2v) is 8.15. The highest BCUT2D eigenvalue weighted by molar-refractivity contribution is 6.35. The maximum absolute atomic E-state index is 12.7. The zero-order valence-corrected chi connectivity index (χ0v) is 20.2. The van der Waals surface area contributed by atoms with E-state index >= 15 is 0 Å². The molecular weight excluding hydrogens is 511 g/mol. The lowest BCUT2D eigenvalue weighted by molar-refractivity contribution is -0.384. The molecule has 0 aliphatic carbocycles. The summed E-state index contributed by atoms with van der Waals surface area (Å²) in [5.41, 5.74) is -0.171. The molecule has 0 atom stereocenters. The number of carbonyl (C=O) groups excluding carboxylic acids is 1. The summed E-state index contributed by atoms with van der Waals surface area (Å²) in [4.78, 5) is 23.5. The molecular formula is C25H18Cl2N2O7. The van der Waals surface area contributed by atoms with E-state index in [2.05, 4.69) is 5.32 Å². The summed E-state index contributed by atoms with van der Waals surface area (Å²) in [5, 5.41) is 14.6. The molecule has 3 aromatic carbocycles. The fourth-order valence-electron chi connectivity index (χ4n) is 3.16. The average molecular weight is 529 g/mol. The number of carbonyl (C=O) groups is 1. The number of para-hydroxylation sites is 2. The van der Waals surface area contributed by atoms with Crippen LogP contribution in [0.5, 0.6) is 23.0 Å². The van der Waals surface area contributed by atoms with Crippen LogP contribution >= 0.6 is 23.2 Å². The van der Waals surface area contributed by atoms with Crippen molar-refractivity contribution in [3.05, 3.63) is 104 Å². The molecule has 0 saturated heterocycles. The number of halogens is 2. The van der Waals surface area contributed by atoms with Crippen molar-refractivity contribution in [1.82, 2.24) is 0 Å². The van der Waals surface area contributed by atoms with Gasteiger partial charge in [0.1, 0.15) is 23.9 Å². The van der Waals surface area contributed by atoms with Gasteiger partial charge < -0.3 is 23.9 Å². The number of ether oxygens (including phenoxy) is 3. The average Bonchev–Trinajstić information content (AvgIpc) is 3.34. The number of methoxy groups -OCH3 is 1. The van der Waals surface area contributed by atoms with Crippen molar-refractivity contribution in [2.45, 2.75) is 6.61 Å². The third-order valence-corrected chi connectivity index (χ3v) is 5.34. The summed E-state index contributed by atoms with van der Waals surface area (Å²) >= 11 is 12.0. The van der Waals surface area contributed by atoms with E-state index in [0.717, 1.165) is 0 Å². The van der Waals surface area contributed by atoms with Crippen LogP contribution in [0.1, 0.15) is 16.3 Å². The summed E-state index contributed by atoms with van der Waals surface area (Å²) in [6, 6.07) is 18.6. The molecule has 1 heterocycles. The molecule has 1 aromatic heterocycles. The van der Waals surface area contributed by atoms with Gasteiger partial charge in [-0.3, -0.25) is 14.9 Å². The largest absolute Gasteiger partial charge is 0.493 e. The van der Waals surface area contributed by atoms with Crippen LogP contribution in [-0.2, 0) is 6.61 Å². The first kappa shape index (κ1) is 24.9. The standard InChI is InChI=1S/C25H18Cl2N2O7/c1-33-22-4-2-3-5-23(22)34-14-18-7-9-24(35-18)25(30)28-16-11-17(29(31)32)13-19(12-16)36-21-8-6-15(26)10-20(21)27/h2-13H,14H2,1H3,(H,28,30). The van der Waals surface area contributed by atoms with Crippen LogP contribution in [-0.4, -0.2) is 17.9 Å². The summed E-state index contributed by atoms with van der Waals surface area (Å²) in [5.74, 6) is 1.18. The lowest BCUT2D eigenvalue weighted by Crippen LogP contribution is -2.11. The van der Waals surface area contributed by atoms with Gasteiger partial charge in [-0.25, -0.2) is 0 Å². The molecule has 36 heavy (non-hydrogen) atoms. The lowest BCUT2D eigenvalue weighted by atomic mass is 10.2. The number of hydrogen-bond acceptors (Lipinski definition) is 7. The first-order valence-electron chi connectivity index (χ1n) is 10.4. The van der Waals surface area contributed by atoms with E-state index in [-0.39, 0.29) is 40.3 Å². The molecule has 0 spiro atoms. The van der Waals surface area contributed by atoms with Crippen LogP contribution in [0.3, 0.4) is 0 Å². The smallest absolute Gasteiger partial charge is 0.291 e. The van der Waals surface area contributed by atoms with E-state index in [4.69, 9.17) is 41.8 Å². The number of rotatable bonds is 9. The number of furan rings is 1. The first-order valence-corrected chi connectivity index (χ1v) is 11.2. The number of hydrogen-bond donors (Lipinski definition) is 1. The van der Waals surface area contributed by atoms with E-state index in [1.165, 1.54) is 43.5 Å². The molecule has 0 fully saturated rings. The number of amides is 1. The van der Waals surface area contributed by atoms with Gasteiger partial charge in [0.15, 0.2) is 17.3 Å².